The Hall–Kier alpha value is -2.79. The van der Waals surface area contributed by atoms with Crippen molar-refractivity contribution >= 4 is 79.3 Å². The van der Waals surface area contributed by atoms with Gasteiger partial charge in [0.15, 0.2) is 5.17 Å². The summed E-state index contributed by atoms with van der Waals surface area (Å²) in [6.45, 7) is 0. The minimum Gasteiger partial charge on any atom is -0.300 e. The maximum absolute atomic E-state index is 12.7. The molecule has 1 heterocycles. The zero-order chi connectivity index (χ0) is 20.7. The standard InChI is InChI=1S/C24H14Cl2N2OS/c25-19-10-5-11-20(22(19)26)27-24-28-23(29)21(30-24)13-18-16-8-3-1-6-14(16)12-15-7-2-4-9-17(15)18/h1-13H,(H,27,28,29)/b21-13-. The monoisotopic (exact) mass is 448 g/mol. The van der Waals surface area contributed by atoms with Gasteiger partial charge < -0.3 is 5.32 Å². The highest BCUT2D eigenvalue weighted by molar-refractivity contribution is 8.18. The van der Waals surface area contributed by atoms with E-state index in [1.807, 2.05) is 30.3 Å². The third-order valence-electron chi connectivity index (χ3n) is 4.89. The quantitative estimate of drug-likeness (QED) is 0.260. The van der Waals surface area contributed by atoms with Gasteiger partial charge >= 0.3 is 0 Å². The molecule has 0 bridgehead atoms. The topological polar surface area (TPSA) is 41.5 Å². The lowest BCUT2D eigenvalue weighted by Crippen LogP contribution is -2.19. The van der Waals surface area contributed by atoms with Crippen molar-refractivity contribution < 1.29 is 4.79 Å². The summed E-state index contributed by atoms with van der Waals surface area (Å²) in [5, 5.41) is 8.53. The van der Waals surface area contributed by atoms with Gasteiger partial charge in [0, 0.05) is 0 Å². The number of amides is 1. The molecule has 1 saturated heterocycles. The second-order valence-corrected chi connectivity index (χ2v) is 8.60. The van der Waals surface area contributed by atoms with Gasteiger partial charge in [0.2, 0.25) is 0 Å². The largest absolute Gasteiger partial charge is 0.300 e. The Kier molecular flexibility index (Phi) is 4.99. The lowest BCUT2D eigenvalue weighted by molar-refractivity contribution is -0.115. The van der Waals surface area contributed by atoms with Gasteiger partial charge in [-0.25, -0.2) is 4.99 Å². The van der Waals surface area contributed by atoms with E-state index < -0.39 is 0 Å². The van der Waals surface area contributed by atoms with Crippen LogP contribution in [0, 0.1) is 0 Å². The predicted molar refractivity (Wildman–Crippen MR) is 129 cm³/mol. The molecule has 0 radical (unpaired) electrons. The summed E-state index contributed by atoms with van der Waals surface area (Å²) >= 11 is 13.6. The molecule has 1 aliphatic rings. The smallest absolute Gasteiger partial charge is 0.264 e. The Balaban J connectivity index is 1.61. The number of amidine groups is 1. The third kappa shape index (κ3) is 3.47. The highest BCUT2D eigenvalue weighted by atomic mass is 35.5. The Morgan fingerprint density at radius 2 is 1.53 bits per heavy atom. The first-order chi connectivity index (χ1) is 14.6. The average molecular weight is 449 g/mol. The van der Waals surface area contributed by atoms with Crippen LogP contribution in [-0.4, -0.2) is 11.1 Å². The van der Waals surface area contributed by atoms with Crippen LogP contribution in [0.4, 0.5) is 5.69 Å². The van der Waals surface area contributed by atoms with Gasteiger partial charge in [-0.1, -0.05) is 77.8 Å². The molecule has 146 valence electrons. The maximum atomic E-state index is 12.7. The lowest BCUT2D eigenvalue weighted by atomic mass is 9.96. The molecule has 4 aromatic carbocycles. The molecule has 1 aliphatic heterocycles. The van der Waals surface area contributed by atoms with E-state index in [2.05, 4.69) is 40.6 Å². The molecule has 0 aromatic heterocycles. The van der Waals surface area contributed by atoms with Crippen LogP contribution < -0.4 is 5.32 Å². The van der Waals surface area contributed by atoms with E-state index in [1.54, 1.807) is 18.2 Å². The van der Waals surface area contributed by atoms with Gasteiger partial charge in [-0.05, 0) is 63.1 Å². The fourth-order valence-corrected chi connectivity index (χ4v) is 4.66. The number of carbonyl (C=O) groups is 1. The summed E-state index contributed by atoms with van der Waals surface area (Å²) in [4.78, 5) is 17.7. The number of fused-ring (bicyclic) bond motifs is 2. The number of nitrogens with zero attached hydrogens (tertiary/aromatic N) is 1. The van der Waals surface area contributed by atoms with Gasteiger partial charge in [-0.2, -0.15) is 0 Å². The van der Waals surface area contributed by atoms with Gasteiger partial charge in [0.25, 0.3) is 5.91 Å². The van der Waals surface area contributed by atoms with Crippen LogP contribution in [0.15, 0.2) is 82.7 Å². The second-order valence-electron chi connectivity index (χ2n) is 6.79. The minimum atomic E-state index is -0.186. The number of hydrogen-bond donors (Lipinski definition) is 1. The maximum Gasteiger partial charge on any atom is 0.264 e. The molecule has 3 nitrogen and oxygen atoms in total. The van der Waals surface area contributed by atoms with Gasteiger partial charge in [-0.15, -0.1) is 0 Å². The van der Waals surface area contributed by atoms with E-state index in [-0.39, 0.29) is 5.91 Å². The molecule has 0 aliphatic carbocycles. The summed E-state index contributed by atoms with van der Waals surface area (Å²) in [5.74, 6) is -0.186. The summed E-state index contributed by atoms with van der Waals surface area (Å²) < 4.78 is 0. The SMILES string of the molecule is O=C1NC(=Nc2cccc(Cl)c2Cl)S/C1=C\c1c2ccccc2cc2ccccc12. The summed E-state index contributed by atoms with van der Waals surface area (Å²) in [6, 6.07) is 23.8. The van der Waals surface area contributed by atoms with Crippen LogP contribution in [0.5, 0.6) is 0 Å². The van der Waals surface area contributed by atoms with E-state index in [0.29, 0.717) is 25.8 Å². The predicted octanol–water partition coefficient (Wildman–Crippen LogP) is 7.19. The first kappa shape index (κ1) is 19.2. The number of thioether (sulfide) groups is 1. The Morgan fingerprint density at radius 1 is 0.867 bits per heavy atom. The normalized spacial score (nSPS) is 16.7. The summed E-state index contributed by atoms with van der Waals surface area (Å²) in [5.41, 5.74) is 1.53. The molecule has 1 N–H and O–H groups in total. The third-order valence-corrected chi connectivity index (χ3v) is 6.61. The fourth-order valence-electron chi connectivity index (χ4n) is 3.50. The first-order valence-electron chi connectivity index (χ1n) is 9.24. The molecule has 4 aromatic rings. The number of rotatable bonds is 2. The van der Waals surface area contributed by atoms with E-state index >= 15 is 0 Å². The second kappa shape index (κ2) is 7.80. The van der Waals surface area contributed by atoms with E-state index in [9.17, 15) is 4.79 Å². The molecule has 0 saturated carbocycles. The number of aliphatic imine (C=N–C) groups is 1. The highest BCUT2D eigenvalue weighted by Crippen LogP contribution is 2.36. The van der Waals surface area contributed by atoms with Crippen molar-refractivity contribution in [1.29, 1.82) is 0 Å². The molecule has 0 unspecified atom stereocenters. The van der Waals surface area contributed by atoms with Crippen LogP contribution in [0.2, 0.25) is 10.0 Å². The molecule has 6 heteroatoms. The number of nitrogens with one attached hydrogen (secondary N) is 1. The Morgan fingerprint density at radius 3 is 2.23 bits per heavy atom. The van der Waals surface area contributed by atoms with Crippen LogP contribution in [0.1, 0.15) is 5.56 Å². The molecule has 1 amide bonds. The molecule has 0 spiro atoms. The molecule has 1 fully saturated rings. The number of carbonyl (C=O) groups excluding carboxylic acids is 1. The Labute approximate surface area is 187 Å². The van der Waals surface area contributed by atoms with Crippen molar-refractivity contribution in [3.8, 4) is 0 Å². The lowest BCUT2D eigenvalue weighted by Gasteiger charge is -2.08. The van der Waals surface area contributed by atoms with E-state index in [1.165, 1.54) is 11.8 Å². The van der Waals surface area contributed by atoms with Gasteiger partial charge in [-0.3, -0.25) is 4.79 Å². The zero-order valence-electron chi connectivity index (χ0n) is 15.5. The van der Waals surface area contributed by atoms with Crippen LogP contribution in [-0.2, 0) is 4.79 Å². The first-order valence-corrected chi connectivity index (χ1v) is 10.8. The minimum absolute atomic E-state index is 0.186. The number of halogens is 2. The van der Waals surface area contributed by atoms with E-state index in [4.69, 9.17) is 23.2 Å². The Bertz CT molecular complexity index is 1340. The van der Waals surface area contributed by atoms with Gasteiger partial charge in [0.1, 0.15) is 0 Å². The molecule has 0 atom stereocenters. The van der Waals surface area contributed by atoms with Gasteiger partial charge in [0.05, 0.1) is 20.6 Å². The molecule has 5 rings (SSSR count). The molecular weight excluding hydrogens is 435 g/mol. The van der Waals surface area contributed by atoms with Crippen molar-refractivity contribution in [2.45, 2.75) is 0 Å². The summed E-state index contributed by atoms with van der Waals surface area (Å²) in [6.07, 6.45) is 1.94. The van der Waals surface area contributed by atoms with E-state index in [0.717, 1.165) is 27.1 Å². The van der Waals surface area contributed by atoms with Crippen molar-refractivity contribution in [3.63, 3.8) is 0 Å². The highest BCUT2D eigenvalue weighted by Gasteiger charge is 2.25. The zero-order valence-corrected chi connectivity index (χ0v) is 17.9. The summed E-state index contributed by atoms with van der Waals surface area (Å²) in [7, 11) is 0. The van der Waals surface area contributed by atoms with Crippen LogP contribution in [0.3, 0.4) is 0 Å². The van der Waals surface area contributed by atoms with Crippen LogP contribution in [0.25, 0.3) is 27.6 Å². The fraction of sp³-hybridized carbons (Fsp3) is 0. The molecular formula is C24H14Cl2N2OS. The van der Waals surface area contributed by atoms with Crippen molar-refractivity contribution in [2.75, 3.05) is 0 Å². The van der Waals surface area contributed by atoms with Crippen molar-refractivity contribution in [2.24, 2.45) is 4.99 Å². The molecule has 30 heavy (non-hydrogen) atoms. The average Bonchev–Trinajstić information content (AvgIpc) is 3.10. The number of hydrogen-bond acceptors (Lipinski definition) is 3. The van der Waals surface area contributed by atoms with Crippen molar-refractivity contribution in [1.82, 2.24) is 5.32 Å². The van der Waals surface area contributed by atoms with Crippen LogP contribution >= 0.6 is 35.0 Å². The number of benzene rings is 4. The van der Waals surface area contributed by atoms with Crippen molar-refractivity contribution in [3.05, 3.63) is 93.3 Å².